The molecule has 1 saturated heterocycles. The molecule has 1 fully saturated rings. The summed E-state index contributed by atoms with van der Waals surface area (Å²) >= 11 is 0. The number of aliphatic hydroxyl groups is 1. The van der Waals surface area contributed by atoms with Gasteiger partial charge in [-0.2, -0.15) is 5.10 Å². The average Bonchev–Trinajstić information content (AvgIpc) is 2.67. The Morgan fingerprint density at radius 3 is 2.90 bits per heavy atom. The summed E-state index contributed by atoms with van der Waals surface area (Å²) < 4.78 is 6.99. The Labute approximate surface area is 119 Å². The van der Waals surface area contributed by atoms with Gasteiger partial charge < -0.3 is 15.2 Å². The topological polar surface area (TPSA) is 76.4 Å². The van der Waals surface area contributed by atoms with Gasteiger partial charge in [-0.15, -0.1) is 0 Å². The van der Waals surface area contributed by atoms with Crippen LogP contribution in [-0.4, -0.2) is 46.2 Å². The number of ether oxygens (including phenoxy) is 1. The number of nitrogens with one attached hydrogen (secondary N) is 1. The number of nitrogens with zero attached hydrogens (tertiary/aromatic N) is 2. The number of aliphatic hydroxyl groups excluding tert-OH is 1. The van der Waals surface area contributed by atoms with Crippen molar-refractivity contribution in [2.24, 2.45) is 0 Å². The fraction of sp³-hybridized carbons (Fsp3) is 0.714. The first-order valence-corrected chi connectivity index (χ1v) is 7.11. The highest BCUT2D eigenvalue weighted by Crippen LogP contribution is 2.13. The third-order valence-electron chi connectivity index (χ3n) is 3.84. The molecule has 2 N–H and O–H groups in total. The van der Waals surface area contributed by atoms with Crippen molar-refractivity contribution in [2.75, 3.05) is 13.2 Å². The predicted molar refractivity (Wildman–Crippen MR) is 74.5 cm³/mol. The maximum atomic E-state index is 12.0. The summed E-state index contributed by atoms with van der Waals surface area (Å²) in [6.45, 7) is 7.10. The van der Waals surface area contributed by atoms with Crippen LogP contribution in [0.2, 0.25) is 0 Å². The van der Waals surface area contributed by atoms with Crippen LogP contribution in [0.15, 0.2) is 0 Å². The van der Waals surface area contributed by atoms with Gasteiger partial charge in [0.05, 0.1) is 24.4 Å². The summed E-state index contributed by atoms with van der Waals surface area (Å²) in [5.41, 5.74) is 3.19. The molecule has 0 aromatic carbocycles. The van der Waals surface area contributed by atoms with Crippen LogP contribution in [-0.2, 0) is 22.5 Å². The molecule has 1 aliphatic rings. The molecule has 0 bridgehead atoms. The minimum Gasteiger partial charge on any atom is -0.391 e. The molecule has 0 saturated carbocycles. The highest BCUT2D eigenvalue weighted by atomic mass is 16.5. The molecular formula is C14H23N3O3. The summed E-state index contributed by atoms with van der Waals surface area (Å²) in [6.07, 6.45) is 0.943. The second-order valence-corrected chi connectivity index (χ2v) is 5.27. The highest BCUT2D eigenvalue weighted by molar-refractivity contribution is 5.76. The van der Waals surface area contributed by atoms with Gasteiger partial charge in [-0.1, -0.05) is 6.92 Å². The zero-order chi connectivity index (χ0) is 14.7. The molecule has 0 aliphatic carbocycles. The van der Waals surface area contributed by atoms with E-state index >= 15 is 0 Å². The summed E-state index contributed by atoms with van der Waals surface area (Å²) in [7, 11) is 0. The highest BCUT2D eigenvalue weighted by Gasteiger charge is 2.25. The number of rotatable bonds is 4. The average molecular weight is 281 g/mol. The molecule has 1 aliphatic heterocycles. The summed E-state index contributed by atoms with van der Waals surface area (Å²) in [6, 6.07) is -0.320. The van der Waals surface area contributed by atoms with Crippen molar-refractivity contribution >= 4 is 5.91 Å². The van der Waals surface area contributed by atoms with E-state index in [0.717, 1.165) is 17.8 Å². The van der Waals surface area contributed by atoms with E-state index in [1.807, 2.05) is 13.8 Å². The van der Waals surface area contributed by atoms with Gasteiger partial charge in [0.25, 0.3) is 0 Å². The van der Waals surface area contributed by atoms with Crippen molar-refractivity contribution in [2.45, 2.75) is 52.3 Å². The van der Waals surface area contributed by atoms with Crippen LogP contribution in [0.3, 0.4) is 0 Å². The Bertz CT molecular complexity index is 484. The maximum Gasteiger partial charge on any atom is 0.242 e. The molecule has 0 radical (unpaired) electrons. The van der Waals surface area contributed by atoms with Crippen molar-refractivity contribution in [3.8, 4) is 0 Å². The molecule has 2 rings (SSSR count). The van der Waals surface area contributed by atoms with Crippen molar-refractivity contribution in [1.82, 2.24) is 15.1 Å². The minimum atomic E-state index is -0.528. The predicted octanol–water partition coefficient (Wildman–Crippen LogP) is 0.328. The van der Waals surface area contributed by atoms with E-state index in [1.54, 1.807) is 4.68 Å². The first-order valence-electron chi connectivity index (χ1n) is 7.11. The van der Waals surface area contributed by atoms with Crippen LogP contribution in [0.1, 0.15) is 30.3 Å². The third kappa shape index (κ3) is 3.19. The Balaban J connectivity index is 1.97. The maximum absolute atomic E-state index is 12.0. The zero-order valence-corrected chi connectivity index (χ0v) is 12.3. The van der Waals surface area contributed by atoms with Crippen LogP contribution in [0.25, 0.3) is 0 Å². The van der Waals surface area contributed by atoms with E-state index in [2.05, 4.69) is 17.3 Å². The molecule has 2 atom stereocenters. The molecule has 20 heavy (non-hydrogen) atoms. The van der Waals surface area contributed by atoms with Crippen LogP contribution in [0.4, 0.5) is 0 Å². The van der Waals surface area contributed by atoms with Gasteiger partial charge in [0, 0.05) is 12.3 Å². The smallest absolute Gasteiger partial charge is 0.242 e. The Kier molecular flexibility index (Phi) is 4.77. The molecule has 1 aromatic rings. The fourth-order valence-corrected chi connectivity index (χ4v) is 2.65. The number of aryl methyl sites for hydroxylation is 1. The summed E-state index contributed by atoms with van der Waals surface area (Å²) in [5, 5.41) is 17.0. The van der Waals surface area contributed by atoms with Crippen LogP contribution in [0, 0.1) is 13.8 Å². The molecule has 6 heteroatoms. The number of amides is 1. The fourth-order valence-electron chi connectivity index (χ4n) is 2.65. The van der Waals surface area contributed by atoms with E-state index < -0.39 is 6.10 Å². The van der Waals surface area contributed by atoms with Gasteiger partial charge in [-0.25, -0.2) is 0 Å². The van der Waals surface area contributed by atoms with Crippen molar-refractivity contribution in [3.63, 3.8) is 0 Å². The van der Waals surface area contributed by atoms with E-state index in [9.17, 15) is 9.90 Å². The quantitative estimate of drug-likeness (QED) is 0.834. The normalized spacial score (nSPS) is 22.8. The Hall–Kier alpha value is -1.40. The van der Waals surface area contributed by atoms with Crippen molar-refractivity contribution in [3.05, 3.63) is 17.0 Å². The number of carbonyl (C=O) groups excluding carboxylic acids is 1. The second kappa shape index (κ2) is 6.37. The largest absolute Gasteiger partial charge is 0.391 e. The monoisotopic (exact) mass is 281 g/mol. The van der Waals surface area contributed by atoms with Gasteiger partial charge in [0.15, 0.2) is 0 Å². The molecule has 0 spiro atoms. The molecule has 1 amide bonds. The third-order valence-corrected chi connectivity index (χ3v) is 3.84. The Morgan fingerprint density at radius 2 is 2.30 bits per heavy atom. The minimum absolute atomic E-state index is 0.146. The molecule has 6 nitrogen and oxygen atoms in total. The second-order valence-electron chi connectivity index (χ2n) is 5.27. The number of hydrogen-bond donors (Lipinski definition) is 2. The number of aromatic nitrogens is 2. The van der Waals surface area contributed by atoms with Crippen LogP contribution in [0.5, 0.6) is 0 Å². The summed E-state index contributed by atoms with van der Waals surface area (Å²) in [4.78, 5) is 12.0. The molecule has 2 heterocycles. The van der Waals surface area contributed by atoms with Crippen LogP contribution >= 0.6 is 0 Å². The van der Waals surface area contributed by atoms with Gasteiger partial charge >= 0.3 is 0 Å². The SMILES string of the molecule is CCc1c(C)nn(CC(=O)N[C@@H]2COCC[C@H]2O)c1C. The standard InChI is InChI=1S/C14H23N3O3/c1-4-11-9(2)16-17(10(11)3)7-14(19)15-12-8-20-6-5-13(12)18/h12-13,18H,4-8H2,1-3H3,(H,15,19)/t12-,13-/m1/s1. The summed E-state index contributed by atoms with van der Waals surface area (Å²) in [5.74, 6) is -0.146. The lowest BCUT2D eigenvalue weighted by molar-refractivity contribution is -0.125. The first kappa shape index (κ1) is 15.0. The van der Waals surface area contributed by atoms with E-state index in [0.29, 0.717) is 19.6 Å². The van der Waals surface area contributed by atoms with Crippen molar-refractivity contribution < 1.29 is 14.6 Å². The lowest BCUT2D eigenvalue weighted by Gasteiger charge is -2.28. The van der Waals surface area contributed by atoms with Gasteiger partial charge in [0.2, 0.25) is 5.91 Å². The van der Waals surface area contributed by atoms with E-state index in [-0.39, 0.29) is 18.5 Å². The van der Waals surface area contributed by atoms with E-state index in [4.69, 9.17) is 4.74 Å². The molecule has 0 unspecified atom stereocenters. The lowest BCUT2D eigenvalue weighted by atomic mass is 10.1. The molecule has 112 valence electrons. The van der Waals surface area contributed by atoms with Gasteiger partial charge in [-0.05, 0) is 32.3 Å². The molecule has 1 aromatic heterocycles. The van der Waals surface area contributed by atoms with Gasteiger partial charge in [-0.3, -0.25) is 9.48 Å². The molecular weight excluding hydrogens is 258 g/mol. The zero-order valence-electron chi connectivity index (χ0n) is 12.3. The van der Waals surface area contributed by atoms with Crippen LogP contribution < -0.4 is 5.32 Å². The van der Waals surface area contributed by atoms with E-state index in [1.165, 1.54) is 5.56 Å². The number of hydrogen-bond acceptors (Lipinski definition) is 4. The Morgan fingerprint density at radius 1 is 1.55 bits per heavy atom. The van der Waals surface area contributed by atoms with Crippen molar-refractivity contribution in [1.29, 1.82) is 0 Å². The first-order chi connectivity index (χ1) is 9.52. The van der Waals surface area contributed by atoms with Gasteiger partial charge in [0.1, 0.15) is 6.54 Å². The number of carbonyl (C=O) groups is 1. The lowest BCUT2D eigenvalue weighted by Crippen LogP contribution is -2.50.